The van der Waals surface area contributed by atoms with Crippen LogP contribution in [-0.4, -0.2) is 0 Å². The monoisotopic (exact) mass is 236 g/mol. The van der Waals surface area contributed by atoms with Gasteiger partial charge in [-0.2, -0.15) is 0 Å². The SMILES string of the molecule is Nc1cc(F)cc(Nc2ccc(Cl)cc2)c1. The predicted molar refractivity (Wildman–Crippen MR) is 65.5 cm³/mol. The molecule has 16 heavy (non-hydrogen) atoms. The van der Waals surface area contributed by atoms with Crippen molar-refractivity contribution in [3.8, 4) is 0 Å². The Bertz CT molecular complexity index is 477. The Labute approximate surface area is 97.8 Å². The molecule has 0 aliphatic carbocycles. The third kappa shape index (κ3) is 2.64. The molecule has 0 saturated carbocycles. The van der Waals surface area contributed by atoms with E-state index in [2.05, 4.69) is 5.32 Å². The van der Waals surface area contributed by atoms with Crippen molar-refractivity contribution in [3.05, 3.63) is 53.3 Å². The number of rotatable bonds is 2. The molecule has 2 aromatic carbocycles. The van der Waals surface area contributed by atoms with Crippen molar-refractivity contribution in [2.45, 2.75) is 0 Å². The van der Waals surface area contributed by atoms with Gasteiger partial charge in [-0.25, -0.2) is 4.39 Å². The van der Waals surface area contributed by atoms with Crippen molar-refractivity contribution in [2.24, 2.45) is 0 Å². The van der Waals surface area contributed by atoms with Crippen molar-refractivity contribution in [3.63, 3.8) is 0 Å². The Balaban J connectivity index is 2.23. The first-order valence-electron chi connectivity index (χ1n) is 4.72. The second kappa shape index (κ2) is 4.41. The summed E-state index contributed by atoms with van der Waals surface area (Å²) in [5.74, 6) is -0.364. The largest absolute Gasteiger partial charge is 0.399 e. The lowest BCUT2D eigenvalue weighted by molar-refractivity contribution is 0.629. The van der Waals surface area contributed by atoms with Crippen LogP contribution >= 0.6 is 11.6 Å². The number of hydrogen-bond acceptors (Lipinski definition) is 2. The predicted octanol–water partition coefficient (Wildman–Crippen LogP) is 3.80. The molecule has 0 spiro atoms. The number of hydrogen-bond donors (Lipinski definition) is 2. The van der Waals surface area contributed by atoms with Crippen molar-refractivity contribution in [1.82, 2.24) is 0 Å². The van der Waals surface area contributed by atoms with E-state index in [0.29, 0.717) is 16.4 Å². The van der Waals surface area contributed by atoms with Gasteiger partial charge in [0.2, 0.25) is 0 Å². The van der Waals surface area contributed by atoms with Crippen molar-refractivity contribution < 1.29 is 4.39 Å². The minimum atomic E-state index is -0.364. The van der Waals surface area contributed by atoms with Crippen LogP contribution in [0.1, 0.15) is 0 Å². The number of nitrogens with two attached hydrogens (primary N) is 1. The van der Waals surface area contributed by atoms with Crippen LogP contribution in [0, 0.1) is 5.82 Å². The van der Waals surface area contributed by atoms with Gasteiger partial charge < -0.3 is 11.1 Å². The number of nitrogen functional groups attached to an aromatic ring is 1. The lowest BCUT2D eigenvalue weighted by atomic mass is 10.2. The van der Waals surface area contributed by atoms with E-state index in [-0.39, 0.29) is 5.82 Å². The first kappa shape index (κ1) is 10.8. The van der Waals surface area contributed by atoms with Crippen molar-refractivity contribution >= 4 is 28.7 Å². The van der Waals surface area contributed by atoms with E-state index in [1.54, 1.807) is 18.2 Å². The molecule has 2 rings (SSSR count). The van der Waals surface area contributed by atoms with Gasteiger partial charge >= 0.3 is 0 Å². The van der Waals surface area contributed by atoms with Gasteiger partial charge in [0, 0.05) is 22.1 Å². The minimum Gasteiger partial charge on any atom is -0.399 e. The summed E-state index contributed by atoms with van der Waals surface area (Å²) in [6.07, 6.45) is 0. The third-order valence-electron chi connectivity index (χ3n) is 2.05. The molecule has 0 radical (unpaired) electrons. The molecule has 3 N–H and O–H groups in total. The molecular weight excluding hydrogens is 227 g/mol. The summed E-state index contributed by atoms with van der Waals surface area (Å²) >= 11 is 5.76. The maximum Gasteiger partial charge on any atom is 0.127 e. The molecule has 2 aromatic rings. The summed E-state index contributed by atoms with van der Waals surface area (Å²) < 4.78 is 13.1. The second-order valence-corrected chi connectivity index (χ2v) is 3.84. The minimum absolute atomic E-state index is 0.364. The summed E-state index contributed by atoms with van der Waals surface area (Å²) in [5, 5.41) is 3.69. The highest BCUT2D eigenvalue weighted by atomic mass is 35.5. The standard InChI is InChI=1S/C12H10ClFN2/c13-8-1-3-11(4-2-8)16-12-6-9(14)5-10(15)7-12/h1-7,16H,15H2. The fourth-order valence-corrected chi connectivity index (χ4v) is 1.51. The Morgan fingerprint density at radius 2 is 1.69 bits per heavy atom. The van der Waals surface area contributed by atoms with Gasteiger partial charge in [0.15, 0.2) is 0 Å². The molecule has 0 saturated heterocycles. The highest BCUT2D eigenvalue weighted by Crippen LogP contribution is 2.21. The van der Waals surface area contributed by atoms with Gasteiger partial charge in [0.05, 0.1) is 0 Å². The van der Waals surface area contributed by atoms with Gasteiger partial charge in [0.1, 0.15) is 5.82 Å². The van der Waals surface area contributed by atoms with Crippen LogP contribution in [0.3, 0.4) is 0 Å². The molecule has 0 amide bonds. The first-order chi connectivity index (χ1) is 7.63. The molecular formula is C12H10ClFN2. The summed E-state index contributed by atoms with van der Waals surface area (Å²) in [5.41, 5.74) is 7.36. The molecule has 2 nitrogen and oxygen atoms in total. The average Bonchev–Trinajstić information content (AvgIpc) is 2.20. The maximum absolute atomic E-state index is 13.1. The molecule has 0 aliphatic rings. The van der Waals surface area contributed by atoms with Crippen LogP contribution in [0.5, 0.6) is 0 Å². The molecule has 0 aliphatic heterocycles. The van der Waals surface area contributed by atoms with Gasteiger partial charge in [-0.3, -0.25) is 0 Å². The smallest absolute Gasteiger partial charge is 0.127 e. The molecule has 4 heteroatoms. The van der Waals surface area contributed by atoms with E-state index in [0.717, 1.165) is 5.69 Å². The van der Waals surface area contributed by atoms with Crippen LogP contribution in [0.15, 0.2) is 42.5 Å². The number of halogens is 2. The highest BCUT2D eigenvalue weighted by molar-refractivity contribution is 6.30. The maximum atomic E-state index is 13.1. The normalized spacial score (nSPS) is 10.1. The van der Waals surface area contributed by atoms with E-state index in [1.165, 1.54) is 12.1 Å². The summed E-state index contributed by atoms with van der Waals surface area (Å²) in [4.78, 5) is 0. The van der Waals surface area contributed by atoms with Gasteiger partial charge in [-0.1, -0.05) is 11.6 Å². The second-order valence-electron chi connectivity index (χ2n) is 3.41. The Kier molecular flexibility index (Phi) is 2.97. The van der Waals surface area contributed by atoms with Crippen LogP contribution in [0.4, 0.5) is 21.5 Å². The lowest BCUT2D eigenvalue weighted by Crippen LogP contribution is -1.93. The van der Waals surface area contributed by atoms with E-state index < -0.39 is 0 Å². The van der Waals surface area contributed by atoms with E-state index in [1.807, 2.05) is 12.1 Å². The van der Waals surface area contributed by atoms with Crippen LogP contribution in [-0.2, 0) is 0 Å². The first-order valence-corrected chi connectivity index (χ1v) is 5.10. The highest BCUT2D eigenvalue weighted by Gasteiger charge is 1.99. The zero-order valence-corrected chi connectivity index (χ0v) is 9.13. The lowest BCUT2D eigenvalue weighted by Gasteiger charge is -2.07. The molecule has 0 atom stereocenters. The Morgan fingerprint density at radius 3 is 2.31 bits per heavy atom. The Morgan fingerprint density at radius 1 is 1.00 bits per heavy atom. The molecule has 0 heterocycles. The molecule has 0 fully saturated rings. The van der Waals surface area contributed by atoms with Gasteiger partial charge in [0.25, 0.3) is 0 Å². The van der Waals surface area contributed by atoms with E-state index in [4.69, 9.17) is 17.3 Å². The number of anilines is 3. The molecule has 0 aromatic heterocycles. The summed E-state index contributed by atoms with van der Waals surface area (Å²) in [7, 11) is 0. The zero-order valence-electron chi connectivity index (χ0n) is 8.37. The van der Waals surface area contributed by atoms with Gasteiger partial charge in [-0.05, 0) is 42.5 Å². The topological polar surface area (TPSA) is 38.0 Å². The molecule has 0 unspecified atom stereocenters. The molecule has 0 bridgehead atoms. The Hall–Kier alpha value is -1.74. The summed E-state index contributed by atoms with van der Waals surface area (Å²) in [6.45, 7) is 0. The third-order valence-corrected chi connectivity index (χ3v) is 2.30. The fraction of sp³-hybridized carbons (Fsp3) is 0. The van der Waals surface area contributed by atoms with E-state index in [9.17, 15) is 4.39 Å². The van der Waals surface area contributed by atoms with Crippen LogP contribution in [0.25, 0.3) is 0 Å². The van der Waals surface area contributed by atoms with Crippen LogP contribution in [0.2, 0.25) is 5.02 Å². The van der Waals surface area contributed by atoms with E-state index >= 15 is 0 Å². The van der Waals surface area contributed by atoms with Crippen molar-refractivity contribution in [1.29, 1.82) is 0 Å². The van der Waals surface area contributed by atoms with Crippen molar-refractivity contribution in [2.75, 3.05) is 11.1 Å². The fourth-order valence-electron chi connectivity index (χ4n) is 1.38. The average molecular weight is 237 g/mol. The number of nitrogens with one attached hydrogen (secondary N) is 1. The van der Waals surface area contributed by atoms with Gasteiger partial charge in [-0.15, -0.1) is 0 Å². The number of benzene rings is 2. The molecule has 82 valence electrons. The van der Waals surface area contributed by atoms with Crippen LogP contribution < -0.4 is 11.1 Å². The summed E-state index contributed by atoms with van der Waals surface area (Å²) in [6, 6.07) is 11.4. The quantitative estimate of drug-likeness (QED) is 0.779. The zero-order chi connectivity index (χ0) is 11.5.